The number of carbonyl (C=O) groups excluding carboxylic acids is 1. The Balaban J connectivity index is 1.68. The summed E-state index contributed by atoms with van der Waals surface area (Å²) in [6.07, 6.45) is 5.06. The van der Waals surface area contributed by atoms with Crippen LogP contribution in [0.2, 0.25) is 0 Å². The lowest BCUT2D eigenvalue weighted by molar-refractivity contribution is 0.0951. The molecule has 3 rings (SSSR count). The average Bonchev–Trinajstić information content (AvgIpc) is 2.67. The lowest BCUT2D eigenvalue weighted by Crippen LogP contribution is -2.23. The minimum absolute atomic E-state index is 0.152. The minimum atomic E-state index is -0.152. The van der Waals surface area contributed by atoms with Crippen LogP contribution in [0.5, 0.6) is 0 Å². The van der Waals surface area contributed by atoms with Gasteiger partial charge in [0.25, 0.3) is 5.91 Å². The van der Waals surface area contributed by atoms with Crippen LogP contribution in [0.4, 0.5) is 17.2 Å². The summed E-state index contributed by atoms with van der Waals surface area (Å²) < 4.78 is 0. The third kappa shape index (κ3) is 4.57. The summed E-state index contributed by atoms with van der Waals surface area (Å²) in [4.78, 5) is 22.7. The van der Waals surface area contributed by atoms with Gasteiger partial charge in [-0.2, -0.15) is 0 Å². The van der Waals surface area contributed by atoms with Crippen LogP contribution in [0.1, 0.15) is 15.9 Å². The number of nitrogens with zero attached hydrogens (tertiary/aromatic N) is 3. The van der Waals surface area contributed by atoms with Gasteiger partial charge >= 0.3 is 0 Å². The highest BCUT2D eigenvalue weighted by atomic mass is 16.1. The summed E-state index contributed by atoms with van der Waals surface area (Å²) in [6.45, 7) is 0.433. The maximum Gasteiger partial charge on any atom is 0.251 e. The molecule has 0 aliphatic rings. The van der Waals surface area contributed by atoms with E-state index >= 15 is 0 Å². The van der Waals surface area contributed by atoms with E-state index < -0.39 is 0 Å². The molecule has 0 spiro atoms. The number of anilines is 3. The fourth-order valence-electron chi connectivity index (χ4n) is 2.44. The van der Waals surface area contributed by atoms with E-state index in [1.54, 1.807) is 30.7 Å². The second-order valence-electron chi connectivity index (χ2n) is 6.04. The molecule has 2 aromatic heterocycles. The van der Waals surface area contributed by atoms with Crippen molar-refractivity contribution in [2.45, 2.75) is 6.54 Å². The number of carbonyl (C=O) groups is 1. The van der Waals surface area contributed by atoms with Crippen molar-refractivity contribution >= 4 is 23.1 Å². The van der Waals surface area contributed by atoms with Crippen LogP contribution < -0.4 is 15.5 Å². The number of benzene rings is 1. The molecule has 0 aliphatic heterocycles. The van der Waals surface area contributed by atoms with Gasteiger partial charge in [0.2, 0.25) is 0 Å². The first-order chi connectivity index (χ1) is 12.6. The van der Waals surface area contributed by atoms with E-state index in [2.05, 4.69) is 20.6 Å². The van der Waals surface area contributed by atoms with Crippen molar-refractivity contribution < 1.29 is 4.79 Å². The lowest BCUT2D eigenvalue weighted by Gasteiger charge is -2.14. The molecule has 0 saturated heterocycles. The summed E-state index contributed by atoms with van der Waals surface area (Å²) >= 11 is 0. The van der Waals surface area contributed by atoms with Crippen LogP contribution >= 0.6 is 0 Å². The van der Waals surface area contributed by atoms with Crippen LogP contribution in [0.15, 0.2) is 67.1 Å². The molecular formula is C20H21N5O. The van der Waals surface area contributed by atoms with Crippen LogP contribution in [0.25, 0.3) is 0 Å². The summed E-state index contributed by atoms with van der Waals surface area (Å²) in [5.41, 5.74) is 3.50. The highest BCUT2D eigenvalue weighted by molar-refractivity contribution is 5.94. The Kier molecular flexibility index (Phi) is 5.43. The number of amides is 1. The van der Waals surface area contributed by atoms with Gasteiger partial charge in [0.1, 0.15) is 5.82 Å². The van der Waals surface area contributed by atoms with Crippen molar-refractivity contribution in [1.82, 2.24) is 15.3 Å². The maximum absolute atomic E-state index is 12.4. The number of nitrogens with one attached hydrogen (secondary N) is 2. The van der Waals surface area contributed by atoms with Crippen molar-refractivity contribution in [3.05, 3.63) is 78.2 Å². The number of pyridine rings is 2. The van der Waals surface area contributed by atoms with Crippen LogP contribution in [0.3, 0.4) is 0 Å². The van der Waals surface area contributed by atoms with E-state index in [1.807, 2.05) is 55.4 Å². The van der Waals surface area contributed by atoms with Crippen molar-refractivity contribution in [3.8, 4) is 0 Å². The number of rotatable bonds is 6. The smallest absolute Gasteiger partial charge is 0.251 e. The predicted octanol–water partition coefficient (Wildman–Crippen LogP) is 3.22. The van der Waals surface area contributed by atoms with E-state index in [9.17, 15) is 4.79 Å². The third-order valence-corrected chi connectivity index (χ3v) is 3.83. The molecule has 0 fully saturated rings. The molecule has 6 nitrogen and oxygen atoms in total. The highest BCUT2D eigenvalue weighted by Gasteiger charge is 2.07. The monoisotopic (exact) mass is 347 g/mol. The highest BCUT2D eigenvalue weighted by Crippen LogP contribution is 2.20. The van der Waals surface area contributed by atoms with Gasteiger partial charge in [0.15, 0.2) is 0 Å². The van der Waals surface area contributed by atoms with Crippen molar-refractivity contribution in [3.63, 3.8) is 0 Å². The van der Waals surface area contributed by atoms with E-state index in [4.69, 9.17) is 0 Å². The van der Waals surface area contributed by atoms with Gasteiger partial charge in [0, 0.05) is 56.2 Å². The largest absolute Gasteiger partial charge is 0.378 e. The molecule has 0 bridgehead atoms. The standard InChI is InChI=1S/C20H21N5O/c1-25(2)18-7-3-6-17(12-18)24-19-11-16(8-10-22-19)20(26)23-14-15-5-4-9-21-13-15/h3-13H,14H2,1-2H3,(H,22,24)(H,23,26). The number of hydrogen-bond acceptors (Lipinski definition) is 5. The van der Waals surface area contributed by atoms with Crippen LogP contribution in [-0.4, -0.2) is 30.0 Å². The molecule has 0 unspecified atom stereocenters. The molecule has 0 atom stereocenters. The molecule has 2 N–H and O–H groups in total. The van der Waals surface area contributed by atoms with Gasteiger partial charge in [-0.1, -0.05) is 12.1 Å². The first-order valence-corrected chi connectivity index (χ1v) is 8.29. The second kappa shape index (κ2) is 8.11. The third-order valence-electron chi connectivity index (χ3n) is 3.83. The summed E-state index contributed by atoms with van der Waals surface area (Å²) in [6, 6.07) is 15.2. The molecule has 132 valence electrons. The van der Waals surface area contributed by atoms with E-state index in [0.717, 1.165) is 16.9 Å². The van der Waals surface area contributed by atoms with E-state index in [1.165, 1.54) is 0 Å². The zero-order valence-corrected chi connectivity index (χ0v) is 14.8. The topological polar surface area (TPSA) is 70.2 Å². The molecule has 0 saturated carbocycles. The summed E-state index contributed by atoms with van der Waals surface area (Å²) in [7, 11) is 3.98. The zero-order valence-electron chi connectivity index (χ0n) is 14.8. The SMILES string of the molecule is CN(C)c1cccc(Nc2cc(C(=O)NCc3cccnc3)ccn2)c1. The Morgan fingerprint density at radius 3 is 2.73 bits per heavy atom. The Bertz CT molecular complexity index is 880. The average molecular weight is 347 g/mol. The number of hydrogen-bond donors (Lipinski definition) is 2. The first-order valence-electron chi connectivity index (χ1n) is 8.29. The van der Waals surface area contributed by atoms with Gasteiger partial charge in [-0.3, -0.25) is 9.78 Å². The fourth-order valence-corrected chi connectivity index (χ4v) is 2.44. The molecule has 1 aromatic carbocycles. The molecule has 26 heavy (non-hydrogen) atoms. The van der Waals surface area contributed by atoms with Crippen molar-refractivity contribution in [1.29, 1.82) is 0 Å². The predicted molar refractivity (Wildman–Crippen MR) is 104 cm³/mol. The minimum Gasteiger partial charge on any atom is -0.378 e. The van der Waals surface area contributed by atoms with Gasteiger partial charge in [0.05, 0.1) is 0 Å². The van der Waals surface area contributed by atoms with Crippen molar-refractivity contribution in [2.75, 3.05) is 24.3 Å². The van der Waals surface area contributed by atoms with Crippen LogP contribution in [-0.2, 0) is 6.54 Å². The fraction of sp³-hybridized carbons (Fsp3) is 0.150. The van der Waals surface area contributed by atoms with E-state index in [-0.39, 0.29) is 5.91 Å². The molecular weight excluding hydrogens is 326 g/mol. The van der Waals surface area contributed by atoms with Gasteiger partial charge < -0.3 is 15.5 Å². The van der Waals surface area contributed by atoms with Gasteiger partial charge in [-0.05, 0) is 42.0 Å². The molecule has 0 radical (unpaired) electrons. The second-order valence-corrected chi connectivity index (χ2v) is 6.04. The molecule has 1 amide bonds. The lowest BCUT2D eigenvalue weighted by atomic mass is 10.2. The van der Waals surface area contributed by atoms with Gasteiger partial charge in [-0.15, -0.1) is 0 Å². The molecule has 2 heterocycles. The maximum atomic E-state index is 12.4. The Hall–Kier alpha value is -3.41. The molecule has 6 heteroatoms. The first kappa shape index (κ1) is 17.4. The zero-order chi connectivity index (χ0) is 18.4. The Morgan fingerprint density at radius 1 is 1.08 bits per heavy atom. The Labute approximate surface area is 152 Å². The number of aromatic nitrogens is 2. The summed E-state index contributed by atoms with van der Waals surface area (Å²) in [5.74, 6) is 0.469. The quantitative estimate of drug-likeness (QED) is 0.716. The van der Waals surface area contributed by atoms with E-state index in [0.29, 0.717) is 17.9 Å². The Morgan fingerprint density at radius 2 is 1.96 bits per heavy atom. The normalized spacial score (nSPS) is 10.2. The molecule has 0 aliphatic carbocycles. The van der Waals surface area contributed by atoms with Crippen molar-refractivity contribution in [2.24, 2.45) is 0 Å². The van der Waals surface area contributed by atoms with Crippen LogP contribution in [0, 0.1) is 0 Å². The van der Waals surface area contributed by atoms with Gasteiger partial charge in [-0.25, -0.2) is 4.98 Å². The summed E-state index contributed by atoms with van der Waals surface area (Å²) in [5, 5.41) is 6.13. The molecule has 3 aromatic rings.